The molecule has 0 atom stereocenters. The van der Waals surface area contributed by atoms with Gasteiger partial charge in [0.25, 0.3) is 5.91 Å². The lowest BCUT2D eigenvalue weighted by atomic mass is 10.2. The standard InChI is InChI=1S/C25H25ClN2O4/c1-4-31-23-14-18(15-27-19-8-10-21(30-3)11-9-19)13-22(26)25(23)32-16-24(29)28-20-7-5-6-17(2)12-20/h5-15H,4,16H2,1-3H3,(H,28,29). The second kappa shape index (κ2) is 11.2. The first-order valence-electron chi connectivity index (χ1n) is 10.1. The van der Waals surface area contributed by atoms with Crippen molar-refractivity contribution in [3.8, 4) is 17.2 Å². The van der Waals surface area contributed by atoms with Crippen molar-refractivity contribution in [3.05, 3.63) is 76.8 Å². The van der Waals surface area contributed by atoms with Crippen LogP contribution in [-0.4, -0.2) is 32.4 Å². The third-order valence-corrected chi connectivity index (χ3v) is 4.70. The van der Waals surface area contributed by atoms with Crippen LogP contribution in [0, 0.1) is 6.92 Å². The molecule has 0 heterocycles. The van der Waals surface area contributed by atoms with Gasteiger partial charge in [0.2, 0.25) is 0 Å². The van der Waals surface area contributed by atoms with Gasteiger partial charge in [-0.05, 0) is 73.5 Å². The topological polar surface area (TPSA) is 69.1 Å². The maximum Gasteiger partial charge on any atom is 0.262 e. The summed E-state index contributed by atoms with van der Waals surface area (Å²) in [5.41, 5.74) is 3.27. The summed E-state index contributed by atoms with van der Waals surface area (Å²) < 4.78 is 16.5. The molecule has 3 rings (SSSR count). The SMILES string of the molecule is CCOc1cc(C=Nc2ccc(OC)cc2)cc(Cl)c1OCC(=O)Nc1cccc(C)c1. The number of aryl methyl sites for hydroxylation is 1. The Morgan fingerprint density at radius 2 is 1.88 bits per heavy atom. The minimum atomic E-state index is -0.292. The predicted molar refractivity (Wildman–Crippen MR) is 128 cm³/mol. The lowest BCUT2D eigenvalue weighted by molar-refractivity contribution is -0.118. The Morgan fingerprint density at radius 3 is 2.56 bits per heavy atom. The van der Waals surface area contributed by atoms with Crippen LogP contribution in [0.25, 0.3) is 0 Å². The zero-order valence-corrected chi connectivity index (χ0v) is 19.0. The van der Waals surface area contributed by atoms with Crippen LogP contribution in [0.2, 0.25) is 5.02 Å². The van der Waals surface area contributed by atoms with Crippen LogP contribution in [0.5, 0.6) is 17.2 Å². The molecule has 0 bridgehead atoms. The minimum absolute atomic E-state index is 0.201. The molecule has 0 saturated carbocycles. The average molecular weight is 453 g/mol. The summed E-state index contributed by atoms with van der Waals surface area (Å²) in [5.74, 6) is 1.23. The first-order chi connectivity index (χ1) is 15.5. The van der Waals surface area contributed by atoms with Crippen LogP contribution in [0.3, 0.4) is 0 Å². The van der Waals surface area contributed by atoms with Gasteiger partial charge in [-0.2, -0.15) is 0 Å². The number of nitrogens with zero attached hydrogens (tertiary/aromatic N) is 1. The van der Waals surface area contributed by atoms with E-state index in [2.05, 4.69) is 10.3 Å². The van der Waals surface area contributed by atoms with Crippen LogP contribution >= 0.6 is 11.6 Å². The van der Waals surface area contributed by atoms with Crippen molar-refractivity contribution in [2.24, 2.45) is 4.99 Å². The van der Waals surface area contributed by atoms with Crippen molar-refractivity contribution in [2.75, 3.05) is 25.6 Å². The Labute approximate surface area is 192 Å². The Balaban J connectivity index is 1.71. The summed E-state index contributed by atoms with van der Waals surface area (Å²) in [6.07, 6.45) is 1.68. The molecule has 1 amide bonds. The maximum atomic E-state index is 12.3. The Bertz CT molecular complexity index is 1100. The zero-order chi connectivity index (χ0) is 22.9. The van der Waals surface area contributed by atoms with E-state index in [0.29, 0.717) is 28.8 Å². The van der Waals surface area contributed by atoms with Crippen molar-refractivity contribution in [1.29, 1.82) is 0 Å². The van der Waals surface area contributed by atoms with Gasteiger partial charge in [0.05, 0.1) is 24.4 Å². The van der Waals surface area contributed by atoms with Crippen molar-refractivity contribution in [1.82, 2.24) is 0 Å². The second-order valence-electron chi connectivity index (χ2n) is 6.93. The molecule has 0 aromatic heterocycles. The average Bonchev–Trinajstić information content (AvgIpc) is 2.77. The number of anilines is 1. The largest absolute Gasteiger partial charge is 0.497 e. The summed E-state index contributed by atoms with van der Waals surface area (Å²) in [7, 11) is 1.62. The van der Waals surface area contributed by atoms with Crippen LogP contribution in [0.4, 0.5) is 11.4 Å². The van der Waals surface area contributed by atoms with Gasteiger partial charge in [0.1, 0.15) is 5.75 Å². The molecule has 0 radical (unpaired) electrons. The molecule has 32 heavy (non-hydrogen) atoms. The number of methoxy groups -OCH3 is 1. The first kappa shape index (κ1) is 23.2. The van der Waals surface area contributed by atoms with Crippen LogP contribution in [-0.2, 0) is 4.79 Å². The quantitative estimate of drug-likeness (QED) is 0.415. The van der Waals surface area contributed by atoms with Gasteiger partial charge in [-0.15, -0.1) is 0 Å². The van der Waals surface area contributed by atoms with Crippen molar-refractivity contribution < 1.29 is 19.0 Å². The van der Waals surface area contributed by atoms with Crippen molar-refractivity contribution in [3.63, 3.8) is 0 Å². The van der Waals surface area contributed by atoms with E-state index in [1.165, 1.54) is 0 Å². The number of nitrogens with one attached hydrogen (secondary N) is 1. The van der Waals surface area contributed by atoms with Gasteiger partial charge in [-0.1, -0.05) is 23.7 Å². The number of hydrogen-bond donors (Lipinski definition) is 1. The Kier molecular flexibility index (Phi) is 8.11. The second-order valence-corrected chi connectivity index (χ2v) is 7.33. The summed E-state index contributed by atoms with van der Waals surface area (Å²) in [4.78, 5) is 16.8. The molecular formula is C25H25ClN2O4. The normalized spacial score (nSPS) is 10.8. The first-order valence-corrected chi connectivity index (χ1v) is 10.5. The molecule has 0 aliphatic carbocycles. The fourth-order valence-electron chi connectivity index (χ4n) is 2.94. The van der Waals surface area contributed by atoms with Gasteiger partial charge in [-0.3, -0.25) is 9.79 Å². The Morgan fingerprint density at radius 1 is 1.09 bits per heavy atom. The molecule has 0 fully saturated rings. The van der Waals surface area contributed by atoms with Gasteiger partial charge in [0.15, 0.2) is 18.1 Å². The molecule has 3 aromatic carbocycles. The predicted octanol–water partition coefficient (Wildman–Crippen LogP) is 5.82. The van der Waals surface area contributed by atoms with E-state index in [4.69, 9.17) is 25.8 Å². The van der Waals surface area contributed by atoms with Crippen LogP contribution in [0.1, 0.15) is 18.1 Å². The number of hydrogen-bond acceptors (Lipinski definition) is 5. The van der Waals surface area contributed by atoms with Crippen LogP contribution < -0.4 is 19.5 Å². The monoisotopic (exact) mass is 452 g/mol. The highest BCUT2D eigenvalue weighted by atomic mass is 35.5. The molecule has 0 unspecified atom stereocenters. The lowest BCUT2D eigenvalue weighted by Crippen LogP contribution is -2.20. The maximum absolute atomic E-state index is 12.3. The highest BCUT2D eigenvalue weighted by Gasteiger charge is 2.14. The fraction of sp³-hybridized carbons (Fsp3) is 0.200. The molecule has 166 valence electrons. The molecule has 7 heteroatoms. The van der Waals surface area contributed by atoms with Crippen molar-refractivity contribution >= 4 is 35.1 Å². The molecule has 0 aliphatic heterocycles. The van der Waals surface area contributed by atoms with E-state index in [-0.39, 0.29) is 12.5 Å². The van der Waals surface area contributed by atoms with Crippen molar-refractivity contribution in [2.45, 2.75) is 13.8 Å². The minimum Gasteiger partial charge on any atom is -0.497 e. The number of halogens is 1. The number of rotatable bonds is 9. The van der Waals surface area contributed by atoms with E-state index >= 15 is 0 Å². The number of carbonyl (C=O) groups is 1. The number of aliphatic imine (C=N–C) groups is 1. The van der Waals surface area contributed by atoms with E-state index in [0.717, 1.165) is 22.6 Å². The van der Waals surface area contributed by atoms with Gasteiger partial charge in [-0.25, -0.2) is 0 Å². The van der Waals surface area contributed by atoms with Gasteiger partial charge in [0, 0.05) is 11.9 Å². The molecule has 0 aliphatic rings. The van der Waals surface area contributed by atoms with E-state index < -0.39 is 0 Å². The number of ether oxygens (including phenoxy) is 3. The van der Waals surface area contributed by atoms with E-state index in [9.17, 15) is 4.79 Å². The van der Waals surface area contributed by atoms with E-state index in [1.54, 1.807) is 25.5 Å². The highest BCUT2D eigenvalue weighted by Crippen LogP contribution is 2.36. The lowest BCUT2D eigenvalue weighted by Gasteiger charge is -2.14. The smallest absolute Gasteiger partial charge is 0.262 e. The number of amides is 1. The highest BCUT2D eigenvalue weighted by molar-refractivity contribution is 6.32. The molecule has 0 spiro atoms. The molecular weight excluding hydrogens is 428 g/mol. The number of benzene rings is 3. The third-order valence-electron chi connectivity index (χ3n) is 4.42. The fourth-order valence-corrected chi connectivity index (χ4v) is 3.21. The number of carbonyl (C=O) groups excluding carboxylic acids is 1. The third kappa shape index (κ3) is 6.49. The summed E-state index contributed by atoms with van der Waals surface area (Å²) in [6.45, 7) is 4.04. The summed E-state index contributed by atoms with van der Waals surface area (Å²) in [6, 6.07) is 18.4. The zero-order valence-electron chi connectivity index (χ0n) is 18.2. The summed E-state index contributed by atoms with van der Waals surface area (Å²) >= 11 is 6.44. The van der Waals surface area contributed by atoms with Crippen LogP contribution in [0.15, 0.2) is 65.7 Å². The van der Waals surface area contributed by atoms with Gasteiger partial charge < -0.3 is 19.5 Å². The van der Waals surface area contributed by atoms with Gasteiger partial charge >= 0.3 is 0 Å². The Hall–Kier alpha value is -3.51. The molecule has 0 saturated heterocycles. The molecule has 1 N–H and O–H groups in total. The molecule has 6 nitrogen and oxygen atoms in total. The molecule has 3 aromatic rings. The summed E-state index contributed by atoms with van der Waals surface area (Å²) in [5, 5.41) is 3.13. The van der Waals surface area contributed by atoms with E-state index in [1.807, 2.05) is 62.4 Å².